The first-order valence-corrected chi connectivity index (χ1v) is 6.23. The van der Waals surface area contributed by atoms with Crippen molar-refractivity contribution < 1.29 is 9.84 Å². The number of ether oxygens (including phenoxy) is 1. The van der Waals surface area contributed by atoms with E-state index < -0.39 is 0 Å². The van der Waals surface area contributed by atoms with Gasteiger partial charge >= 0.3 is 0 Å². The van der Waals surface area contributed by atoms with Gasteiger partial charge in [0.05, 0.1) is 6.61 Å². The van der Waals surface area contributed by atoms with Crippen LogP contribution in [0.5, 0.6) is 11.5 Å². The molecule has 2 rings (SSSR count). The van der Waals surface area contributed by atoms with Crippen LogP contribution in [0, 0.1) is 6.92 Å². The molecule has 0 fully saturated rings. The summed E-state index contributed by atoms with van der Waals surface area (Å²) in [5, 5.41) is 9.41. The van der Waals surface area contributed by atoms with Crippen molar-refractivity contribution in [1.29, 1.82) is 0 Å². The summed E-state index contributed by atoms with van der Waals surface area (Å²) in [6.07, 6.45) is 1.01. The maximum absolute atomic E-state index is 9.41. The number of rotatable bonds is 4. The number of aromatic hydroxyl groups is 1. The van der Waals surface area contributed by atoms with Crippen molar-refractivity contribution in [3.05, 3.63) is 48.0 Å². The summed E-state index contributed by atoms with van der Waals surface area (Å²) < 4.78 is 5.56. The first-order valence-electron chi connectivity index (χ1n) is 6.23. The van der Waals surface area contributed by atoms with Crippen LogP contribution >= 0.6 is 0 Å². The van der Waals surface area contributed by atoms with E-state index in [9.17, 15) is 5.11 Å². The van der Waals surface area contributed by atoms with E-state index in [1.54, 1.807) is 12.1 Å². The first-order chi connectivity index (χ1) is 8.70. The molecule has 18 heavy (non-hydrogen) atoms. The fourth-order valence-corrected chi connectivity index (χ4v) is 1.92. The fourth-order valence-electron chi connectivity index (χ4n) is 1.92. The minimum atomic E-state index is 0.305. The van der Waals surface area contributed by atoms with Crippen LogP contribution in [0.1, 0.15) is 18.9 Å². The molecule has 2 heteroatoms. The van der Waals surface area contributed by atoms with E-state index in [1.165, 1.54) is 0 Å². The van der Waals surface area contributed by atoms with E-state index in [4.69, 9.17) is 4.74 Å². The van der Waals surface area contributed by atoms with E-state index in [2.05, 4.69) is 6.92 Å². The average molecular weight is 242 g/mol. The lowest BCUT2D eigenvalue weighted by Gasteiger charge is -2.08. The summed E-state index contributed by atoms with van der Waals surface area (Å²) in [6, 6.07) is 13.5. The van der Waals surface area contributed by atoms with Crippen LogP contribution in [0.4, 0.5) is 0 Å². The third-order valence-electron chi connectivity index (χ3n) is 2.85. The highest BCUT2D eigenvalue weighted by atomic mass is 16.5. The molecular formula is C16H18O2. The lowest BCUT2D eigenvalue weighted by Crippen LogP contribution is -1.94. The van der Waals surface area contributed by atoms with Crippen LogP contribution in [-0.4, -0.2) is 11.7 Å². The van der Waals surface area contributed by atoms with E-state index in [-0.39, 0.29) is 0 Å². The van der Waals surface area contributed by atoms with Gasteiger partial charge in [-0.25, -0.2) is 0 Å². The van der Waals surface area contributed by atoms with Crippen molar-refractivity contribution in [3.8, 4) is 22.6 Å². The van der Waals surface area contributed by atoms with Gasteiger partial charge in [0.2, 0.25) is 0 Å². The summed E-state index contributed by atoms with van der Waals surface area (Å²) in [4.78, 5) is 0. The van der Waals surface area contributed by atoms with E-state index >= 15 is 0 Å². The number of phenolic OH excluding ortho intramolecular Hbond substituents is 1. The number of phenols is 1. The van der Waals surface area contributed by atoms with E-state index in [0.717, 1.165) is 35.5 Å². The molecule has 1 N–H and O–H groups in total. The number of hydrogen-bond acceptors (Lipinski definition) is 2. The highest BCUT2D eigenvalue weighted by Gasteiger charge is 2.03. The Morgan fingerprint density at radius 2 is 1.78 bits per heavy atom. The van der Waals surface area contributed by atoms with Crippen molar-refractivity contribution in [1.82, 2.24) is 0 Å². The Morgan fingerprint density at radius 1 is 1.06 bits per heavy atom. The average Bonchev–Trinajstić information content (AvgIpc) is 2.37. The molecule has 0 unspecified atom stereocenters. The summed E-state index contributed by atoms with van der Waals surface area (Å²) in [5.41, 5.74) is 3.34. The van der Waals surface area contributed by atoms with Gasteiger partial charge in [0.15, 0.2) is 0 Å². The summed E-state index contributed by atoms with van der Waals surface area (Å²) >= 11 is 0. The normalized spacial score (nSPS) is 10.3. The second kappa shape index (κ2) is 5.58. The van der Waals surface area contributed by atoms with Crippen LogP contribution in [-0.2, 0) is 0 Å². The molecule has 0 heterocycles. The van der Waals surface area contributed by atoms with Gasteiger partial charge in [-0.05, 0) is 54.3 Å². The van der Waals surface area contributed by atoms with Gasteiger partial charge in [-0.15, -0.1) is 0 Å². The van der Waals surface area contributed by atoms with E-state index in [1.807, 2.05) is 37.3 Å². The predicted octanol–water partition coefficient (Wildman–Crippen LogP) is 4.16. The van der Waals surface area contributed by atoms with Crippen LogP contribution in [0.25, 0.3) is 11.1 Å². The molecule has 0 aliphatic carbocycles. The second-order valence-corrected chi connectivity index (χ2v) is 4.37. The number of aryl methyl sites for hydroxylation is 1. The lowest BCUT2D eigenvalue weighted by atomic mass is 10.0. The maximum Gasteiger partial charge on any atom is 0.119 e. The molecule has 0 amide bonds. The van der Waals surface area contributed by atoms with Crippen LogP contribution in [0.2, 0.25) is 0 Å². The Morgan fingerprint density at radius 3 is 2.39 bits per heavy atom. The zero-order valence-electron chi connectivity index (χ0n) is 10.8. The smallest absolute Gasteiger partial charge is 0.119 e. The topological polar surface area (TPSA) is 29.5 Å². The molecule has 0 aliphatic rings. The molecular weight excluding hydrogens is 224 g/mol. The highest BCUT2D eigenvalue weighted by Crippen LogP contribution is 2.27. The molecule has 0 saturated carbocycles. The van der Waals surface area contributed by atoms with Crippen LogP contribution < -0.4 is 4.74 Å². The molecule has 0 saturated heterocycles. The summed E-state index contributed by atoms with van der Waals surface area (Å²) in [6.45, 7) is 4.84. The number of hydrogen-bond donors (Lipinski definition) is 1. The molecule has 2 aromatic carbocycles. The Bertz CT molecular complexity index is 515. The lowest BCUT2D eigenvalue weighted by molar-refractivity contribution is 0.317. The zero-order valence-corrected chi connectivity index (χ0v) is 10.8. The van der Waals surface area contributed by atoms with Gasteiger partial charge < -0.3 is 9.84 Å². The van der Waals surface area contributed by atoms with Crippen molar-refractivity contribution in [2.45, 2.75) is 20.3 Å². The minimum Gasteiger partial charge on any atom is -0.508 e. The third kappa shape index (κ3) is 2.83. The second-order valence-electron chi connectivity index (χ2n) is 4.37. The summed E-state index contributed by atoms with van der Waals surface area (Å²) in [5.74, 6) is 1.20. The monoisotopic (exact) mass is 242 g/mol. The van der Waals surface area contributed by atoms with Crippen LogP contribution in [0.15, 0.2) is 42.5 Å². The van der Waals surface area contributed by atoms with Gasteiger partial charge in [-0.3, -0.25) is 0 Å². The highest BCUT2D eigenvalue weighted by molar-refractivity contribution is 5.68. The van der Waals surface area contributed by atoms with Gasteiger partial charge in [0.25, 0.3) is 0 Å². The van der Waals surface area contributed by atoms with Crippen molar-refractivity contribution in [2.75, 3.05) is 6.61 Å². The Balaban J connectivity index is 2.23. The number of benzene rings is 2. The fraction of sp³-hybridized carbons (Fsp3) is 0.250. The zero-order chi connectivity index (χ0) is 13.0. The quantitative estimate of drug-likeness (QED) is 0.872. The van der Waals surface area contributed by atoms with E-state index in [0.29, 0.717) is 5.75 Å². The Labute approximate surface area is 108 Å². The van der Waals surface area contributed by atoms with Crippen molar-refractivity contribution in [3.63, 3.8) is 0 Å². The molecule has 0 radical (unpaired) electrons. The van der Waals surface area contributed by atoms with Gasteiger partial charge in [-0.1, -0.05) is 25.1 Å². The molecule has 0 aliphatic heterocycles. The molecule has 94 valence electrons. The molecule has 2 aromatic rings. The summed E-state index contributed by atoms with van der Waals surface area (Å²) in [7, 11) is 0. The first kappa shape index (κ1) is 12.5. The third-order valence-corrected chi connectivity index (χ3v) is 2.85. The van der Waals surface area contributed by atoms with Gasteiger partial charge in [0, 0.05) is 0 Å². The van der Waals surface area contributed by atoms with Crippen molar-refractivity contribution in [2.24, 2.45) is 0 Å². The SMILES string of the molecule is CCCOc1ccc(-c2ccc(O)cc2C)cc1. The minimum absolute atomic E-state index is 0.305. The Kier molecular flexibility index (Phi) is 3.88. The molecule has 0 spiro atoms. The van der Waals surface area contributed by atoms with Gasteiger partial charge in [-0.2, -0.15) is 0 Å². The maximum atomic E-state index is 9.41. The van der Waals surface area contributed by atoms with Crippen molar-refractivity contribution >= 4 is 0 Å². The largest absolute Gasteiger partial charge is 0.508 e. The van der Waals surface area contributed by atoms with Gasteiger partial charge in [0.1, 0.15) is 11.5 Å². The molecule has 0 bridgehead atoms. The Hall–Kier alpha value is -1.96. The molecule has 2 nitrogen and oxygen atoms in total. The van der Waals surface area contributed by atoms with Crippen LogP contribution in [0.3, 0.4) is 0 Å². The molecule has 0 aromatic heterocycles. The molecule has 0 atom stereocenters. The predicted molar refractivity (Wildman–Crippen MR) is 74.1 cm³/mol. The standard InChI is InChI=1S/C16H18O2/c1-3-10-18-15-7-4-13(5-8-15)16-9-6-14(17)11-12(16)2/h4-9,11,17H,3,10H2,1-2H3.